The second-order valence-corrected chi connectivity index (χ2v) is 7.40. The maximum atomic E-state index is 12.2. The molecule has 2 aromatic carbocycles. The number of amides is 1. The number of aryl methyl sites for hydroxylation is 1. The van der Waals surface area contributed by atoms with Crippen LogP contribution in [-0.4, -0.2) is 16.0 Å². The van der Waals surface area contributed by atoms with E-state index in [1.165, 1.54) is 29.2 Å². The molecule has 0 saturated heterocycles. The van der Waals surface area contributed by atoms with Crippen LogP contribution in [0.2, 0.25) is 0 Å². The van der Waals surface area contributed by atoms with Crippen LogP contribution < -0.4 is 5.32 Å². The van der Waals surface area contributed by atoms with E-state index in [1.807, 2.05) is 18.2 Å². The lowest BCUT2D eigenvalue weighted by Gasteiger charge is -2.04. The predicted molar refractivity (Wildman–Crippen MR) is 111 cm³/mol. The number of thiazole rings is 1. The van der Waals surface area contributed by atoms with E-state index in [0.717, 1.165) is 34.5 Å². The molecule has 4 aromatic rings. The summed E-state index contributed by atoms with van der Waals surface area (Å²) in [5.74, 6) is -0.179. The van der Waals surface area contributed by atoms with E-state index in [0.29, 0.717) is 5.13 Å². The van der Waals surface area contributed by atoms with Gasteiger partial charge in [-0.3, -0.25) is 10.1 Å². The molecule has 0 atom stereocenters. The maximum absolute atomic E-state index is 12.2. The summed E-state index contributed by atoms with van der Waals surface area (Å²) in [6.07, 6.45) is 3.36. The minimum absolute atomic E-state index is 0.168. The number of carbonyl (C=O) groups excluding carboxylic acids is 1. The smallest absolute Gasteiger partial charge is 0.296 e. The lowest BCUT2D eigenvalue weighted by Crippen LogP contribution is -2.10. The Labute approximate surface area is 167 Å². The third kappa shape index (κ3) is 3.87. The number of hydrogen-bond donors (Lipinski definition) is 1. The zero-order chi connectivity index (χ0) is 19.3. The molecule has 0 radical (unpaired) electrons. The fraction of sp³-hybridized carbons (Fsp3) is 0.136. The highest BCUT2D eigenvalue weighted by atomic mass is 32.1. The fourth-order valence-corrected chi connectivity index (χ4v) is 4.05. The summed E-state index contributed by atoms with van der Waals surface area (Å²) in [5, 5.41) is 6.93. The Hall–Kier alpha value is -3.25. The van der Waals surface area contributed by atoms with Crippen LogP contribution in [0.1, 0.15) is 28.8 Å². The van der Waals surface area contributed by atoms with Gasteiger partial charge >= 0.3 is 0 Å². The van der Waals surface area contributed by atoms with Crippen LogP contribution in [-0.2, 0) is 6.42 Å². The first-order chi connectivity index (χ1) is 13.7. The van der Waals surface area contributed by atoms with Crippen molar-refractivity contribution in [3.8, 4) is 22.4 Å². The lowest BCUT2D eigenvalue weighted by molar-refractivity contribution is 0.0988. The van der Waals surface area contributed by atoms with E-state index >= 15 is 0 Å². The van der Waals surface area contributed by atoms with Crippen molar-refractivity contribution < 1.29 is 9.32 Å². The van der Waals surface area contributed by atoms with Crippen LogP contribution in [0.25, 0.3) is 22.4 Å². The molecule has 6 heteroatoms. The number of anilines is 1. The molecule has 140 valence electrons. The van der Waals surface area contributed by atoms with E-state index in [9.17, 15) is 4.79 Å². The topological polar surface area (TPSA) is 68.0 Å². The first-order valence-corrected chi connectivity index (χ1v) is 9.94. The van der Waals surface area contributed by atoms with Crippen molar-refractivity contribution in [2.45, 2.75) is 19.8 Å². The third-order valence-corrected chi connectivity index (χ3v) is 5.35. The van der Waals surface area contributed by atoms with Crippen LogP contribution >= 0.6 is 11.3 Å². The Balaban J connectivity index is 1.61. The lowest BCUT2D eigenvalue weighted by atomic mass is 10.0. The van der Waals surface area contributed by atoms with Gasteiger partial charge in [0.15, 0.2) is 5.13 Å². The van der Waals surface area contributed by atoms with Gasteiger partial charge in [-0.25, -0.2) is 4.98 Å². The van der Waals surface area contributed by atoms with Crippen LogP contribution in [0.5, 0.6) is 0 Å². The summed E-state index contributed by atoms with van der Waals surface area (Å²) in [7, 11) is 0. The monoisotopic (exact) mass is 389 g/mol. The average molecular weight is 389 g/mol. The van der Waals surface area contributed by atoms with Crippen molar-refractivity contribution in [1.82, 2.24) is 10.1 Å². The van der Waals surface area contributed by atoms with Gasteiger partial charge in [0.05, 0.1) is 11.9 Å². The van der Waals surface area contributed by atoms with E-state index < -0.39 is 0 Å². The molecule has 0 aliphatic rings. The van der Waals surface area contributed by atoms with Crippen LogP contribution in [0.15, 0.2) is 71.4 Å². The second kappa shape index (κ2) is 8.19. The summed E-state index contributed by atoms with van der Waals surface area (Å²) in [5.41, 5.74) is 4.30. The van der Waals surface area contributed by atoms with Gasteiger partial charge in [0, 0.05) is 16.5 Å². The van der Waals surface area contributed by atoms with E-state index in [1.54, 1.807) is 0 Å². The molecule has 2 aromatic heterocycles. The summed E-state index contributed by atoms with van der Waals surface area (Å²) in [6.45, 7) is 2.13. The number of nitrogens with zero attached hydrogens (tertiary/aromatic N) is 2. The molecule has 1 N–H and O–H groups in total. The minimum Gasteiger partial charge on any atom is -0.351 e. The van der Waals surface area contributed by atoms with Gasteiger partial charge in [0.25, 0.3) is 5.91 Å². The molecule has 0 fully saturated rings. The molecule has 0 aliphatic carbocycles. The SMILES string of the molecule is CCCc1sc(NC(=O)c2ccno2)nc1-c1ccc(-c2ccccc2)cc1. The van der Waals surface area contributed by atoms with Crippen molar-refractivity contribution in [2.75, 3.05) is 5.32 Å². The summed E-state index contributed by atoms with van der Waals surface area (Å²) >= 11 is 1.50. The van der Waals surface area contributed by atoms with Crippen molar-refractivity contribution >= 4 is 22.4 Å². The quantitative estimate of drug-likeness (QED) is 0.461. The van der Waals surface area contributed by atoms with E-state index in [2.05, 4.69) is 58.8 Å². The summed E-state index contributed by atoms with van der Waals surface area (Å²) < 4.78 is 4.91. The molecule has 5 nitrogen and oxygen atoms in total. The molecule has 28 heavy (non-hydrogen) atoms. The molecule has 0 aliphatic heterocycles. The molecule has 1 amide bonds. The summed E-state index contributed by atoms with van der Waals surface area (Å²) in [6, 6.07) is 20.2. The maximum Gasteiger partial charge on any atom is 0.296 e. The first-order valence-electron chi connectivity index (χ1n) is 9.12. The average Bonchev–Trinajstić information content (AvgIpc) is 3.40. The van der Waals surface area contributed by atoms with E-state index in [4.69, 9.17) is 4.52 Å². The van der Waals surface area contributed by atoms with Gasteiger partial charge < -0.3 is 4.52 Å². The number of aromatic nitrogens is 2. The van der Waals surface area contributed by atoms with E-state index in [-0.39, 0.29) is 11.7 Å². The van der Waals surface area contributed by atoms with Crippen LogP contribution in [0.3, 0.4) is 0 Å². The van der Waals surface area contributed by atoms with Crippen molar-refractivity contribution in [1.29, 1.82) is 0 Å². The zero-order valence-corrected chi connectivity index (χ0v) is 16.2. The Morgan fingerprint density at radius 3 is 2.39 bits per heavy atom. The zero-order valence-electron chi connectivity index (χ0n) is 15.4. The number of rotatable bonds is 6. The molecule has 0 bridgehead atoms. The Morgan fingerprint density at radius 1 is 1.00 bits per heavy atom. The highest BCUT2D eigenvalue weighted by Gasteiger charge is 2.17. The highest BCUT2D eigenvalue weighted by Crippen LogP contribution is 2.33. The number of nitrogens with one attached hydrogen (secondary N) is 1. The molecule has 0 saturated carbocycles. The Bertz CT molecular complexity index is 1060. The van der Waals surface area contributed by atoms with Gasteiger partial charge in [-0.05, 0) is 17.5 Å². The van der Waals surface area contributed by atoms with Crippen molar-refractivity contribution in [3.05, 3.63) is 77.5 Å². The summed E-state index contributed by atoms with van der Waals surface area (Å²) in [4.78, 5) is 18.0. The normalized spacial score (nSPS) is 10.8. The van der Waals surface area contributed by atoms with Gasteiger partial charge in [-0.1, -0.05) is 73.1 Å². The minimum atomic E-state index is -0.347. The second-order valence-electron chi connectivity index (χ2n) is 6.31. The van der Waals surface area contributed by atoms with Crippen molar-refractivity contribution in [2.24, 2.45) is 0 Å². The standard InChI is InChI=1S/C22H19N3O2S/c1-2-6-19-20(24-22(28-19)25-21(26)18-13-14-23-27-18)17-11-9-16(10-12-17)15-7-4-3-5-8-15/h3-5,7-14H,2,6H2,1H3,(H,24,25,26). The van der Waals surface area contributed by atoms with Crippen LogP contribution in [0.4, 0.5) is 5.13 Å². The Kier molecular flexibility index (Phi) is 5.30. The van der Waals surface area contributed by atoms with Gasteiger partial charge in [0.1, 0.15) is 0 Å². The molecule has 4 rings (SSSR count). The van der Waals surface area contributed by atoms with Crippen molar-refractivity contribution in [3.63, 3.8) is 0 Å². The molecule has 2 heterocycles. The van der Waals surface area contributed by atoms with Gasteiger partial charge in [-0.2, -0.15) is 0 Å². The third-order valence-electron chi connectivity index (χ3n) is 4.32. The van der Waals surface area contributed by atoms with Gasteiger partial charge in [0.2, 0.25) is 5.76 Å². The molecular formula is C22H19N3O2S. The Morgan fingerprint density at radius 2 is 1.71 bits per heavy atom. The number of hydrogen-bond acceptors (Lipinski definition) is 5. The molecule has 0 spiro atoms. The highest BCUT2D eigenvalue weighted by molar-refractivity contribution is 7.16. The largest absolute Gasteiger partial charge is 0.351 e. The van der Waals surface area contributed by atoms with Gasteiger partial charge in [-0.15, -0.1) is 11.3 Å². The van der Waals surface area contributed by atoms with Crippen LogP contribution in [0, 0.1) is 0 Å². The predicted octanol–water partition coefficient (Wildman–Crippen LogP) is 5.67. The first kappa shape index (κ1) is 18.1. The number of carbonyl (C=O) groups is 1. The molecule has 0 unspecified atom stereocenters. The number of benzene rings is 2. The molecular weight excluding hydrogens is 370 g/mol. The fourth-order valence-electron chi connectivity index (χ4n) is 2.97.